The van der Waals surface area contributed by atoms with Gasteiger partial charge in [-0.2, -0.15) is 0 Å². The fourth-order valence-corrected chi connectivity index (χ4v) is 1.64. The van der Waals surface area contributed by atoms with Crippen molar-refractivity contribution in [1.29, 1.82) is 0 Å². The van der Waals surface area contributed by atoms with Crippen molar-refractivity contribution in [1.82, 2.24) is 5.32 Å². The van der Waals surface area contributed by atoms with E-state index in [-0.39, 0.29) is 18.1 Å². The Hall–Kier alpha value is -2.57. The van der Waals surface area contributed by atoms with E-state index in [0.29, 0.717) is 12.2 Å². The Morgan fingerprint density at radius 1 is 1.08 bits per heavy atom. The van der Waals surface area contributed by atoms with Crippen LogP contribution in [-0.2, 0) is 14.3 Å². The molecule has 132 valence electrons. The number of hydrogen-bond acceptors (Lipinski definition) is 5. The summed E-state index contributed by atoms with van der Waals surface area (Å²) in [6.45, 7) is 7.45. The van der Waals surface area contributed by atoms with Gasteiger partial charge in [-0.3, -0.25) is 10.1 Å². The first-order chi connectivity index (χ1) is 11.2. The first kappa shape index (κ1) is 19.5. The van der Waals surface area contributed by atoms with Gasteiger partial charge >= 0.3 is 12.1 Å². The number of esters is 1. The highest BCUT2D eigenvalue weighted by Crippen LogP contribution is 2.13. The van der Waals surface area contributed by atoms with Crippen LogP contribution in [0.1, 0.15) is 44.5 Å². The van der Waals surface area contributed by atoms with Crippen molar-refractivity contribution in [3.63, 3.8) is 0 Å². The van der Waals surface area contributed by atoms with Crippen molar-refractivity contribution >= 4 is 23.7 Å². The topological polar surface area (TPSA) is 93.7 Å². The zero-order valence-corrected chi connectivity index (χ0v) is 14.5. The van der Waals surface area contributed by atoms with Crippen molar-refractivity contribution in [2.24, 2.45) is 0 Å². The van der Waals surface area contributed by atoms with E-state index in [4.69, 9.17) is 9.47 Å². The van der Waals surface area contributed by atoms with Crippen LogP contribution in [0.3, 0.4) is 0 Å². The molecule has 0 unspecified atom stereocenters. The molecular weight excluding hydrogens is 312 g/mol. The fraction of sp³-hybridized carbons (Fsp3) is 0.471. The number of rotatable bonds is 6. The lowest BCUT2D eigenvalue weighted by molar-refractivity contribution is -0.124. The smallest absolute Gasteiger partial charge is 0.412 e. The minimum Gasteiger partial charge on any atom is -0.452 e. The van der Waals surface area contributed by atoms with E-state index in [1.54, 1.807) is 32.9 Å². The SMILES string of the molecule is CCCNC(=O)COC(=O)c1ccc(NC(=O)OC(C)(C)C)cc1. The van der Waals surface area contributed by atoms with Crippen LogP contribution < -0.4 is 10.6 Å². The van der Waals surface area contributed by atoms with Gasteiger partial charge in [0.1, 0.15) is 5.60 Å². The molecule has 0 fully saturated rings. The van der Waals surface area contributed by atoms with Crippen molar-refractivity contribution in [3.05, 3.63) is 29.8 Å². The van der Waals surface area contributed by atoms with E-state index in [9.17, 15) is 14.4 Å². The van der Waals surface area contributed by atoms with E-state index < -0.39 is 17.7 Å². The first-order valence-corrected chi connectivity index (χ1v) is 7.75. The van der Waals surface area contributed by atoms with Crippen LogP contribution in [0.4, 0.5) is 10.5 Å². The fourth-order valence-electron chi connectivity index (χ4n) is 1.64. The summed E-state index contributed by atoms with van der Waals surface area (Å²) in [7, 11) is 0. The van der Waals surface area contributed by atoms with Crippen LogP contribution >= 0.6 is 0 Å². The summed E-state index contributed by atoms with van der Waals surface area (Å²) >= 11 is 0. The molecule has 7 heteroatoms. The average Bonchev–Trinajstić information content (AvgIpc) is 2.49. The highest BCUT2D eigenvalue weighted by molar-refractivity contribution is 5.92. The Bertz CT molecular complexity index is 576. The van der Waals surface area contributed by atoms with E-state index >= 15 is 0 Å². The van der Waals surface area contributed by atoms with Gasteiger partial charge in [0.05, 0.1) is 5.56 Å². The molecule has 0 aliphatic heterocycles. The largest absolute Gasteiger partial charge is 0.452 e. The molecule has 0 spiro atoms. The number of nitrogens with one attached hydrogen (secondary N) is 2. The van der Waals surface area contributed by atoms with Crippen molar-refractivity contribution in [2.75, 3.05) is 18.5 Å². The van der Waals surface area contributed by atoms with E-state index in [0.717, 1.165) is 6.42 Å². The summed E-state index contributed by atoms with van der Waals surface area (Å²) in [4.78, 5) is 34.8. The summed E-state index contributed by atoms with van der Waals surface area (Å²) in [5.41, 5.74) is 0.182. The van der Waals surface area contributed by atoms with Gasteiger partial charge in [0, 0.05) is 12.2 Å². The molecule has 1 aromatic carbocycles. The Balaban J connectivity index is 2.50. The van der Waals surface area contributed by atoms with Gasteiger partial charge in [-0.25, -0.2) is 9.59 Å². The zero-order valence-electron chi connectivity index (χ0n) is 14.5. The highest BCUT2D eigenvalue weighted by atomic mass is 16.6. The predicted molar refractivity (Wildman–Crippen MR) is 89.9 cm³/mol. The summed E-state index contributed by atoms with van der Waals surface area (Å²) < 4.78 is 10.0. The molecular formula is C17H24N2O5. The van der Waals surface area contributed by atoms with E-state index in [2.05, 4.69) is 10.6 Å². The van der Waals surface area contributed by atoms with Gasteiger partial charge in [-0.05, 0) is 51.5 Å². The van der Waals surface area contributed by atoms with Gasteiger partial charge in [0.2, 0.25) is 0 Å². The monoisotopic (exact) mass is 336 g/mol. The second-order valence-electron chi connectivity index (χ2n) is 6.13. The maximum absolute atomic E-state index is 11.8. The molecule has 0 heterocycles. The molecule has 0 bridgehead atoms. The lowest BCUT2D eigenvalue weighted by Crippen LogP contribution is -2.29. The molecule has 1 aromatic rings. The number of carbonyl (C=O) groups is 3. The second kappa shape index (κ2) is 8.90. The standard InChI is InChI=1S/C17H24N2O5/c1-5-10-18-14(20)11-23-15(21)12-6-8-13(9-7-12)19-16(22)24-17(2,3)4/h6-9H,5,10-11H2,1-4H3,(H,18,20)(H,19,22). The summed E-state index contributed by atoms with van der Waals surface area (Å²) in [6, 6.07) is 6.10. The lowest BCUT2D eigenvalue weighted by atomic mass is 10.2. The second-order valence-corrected chi connectivity index (χ2v) is 6.13. The van der Waals surface area contributed by atoms with E-state index in [1.165, 1.54) is 12.1 Å². The summed E-state index contributed by atoms with van der Waals surface area (Å²) in [6.07, 6.45) is 0.233. The predicted octanol–water partition coefficient (Wildman–Crippen LogP) is 2.72. The van der Waals surface area contributed by atoms with Crippen molar-refractivity contribution in [2.45, 2.75) is 39.7 Å². The average molecular weight is 336 g/mol. The molecule has 0 saturated heterocycles. The minimum atomic E-state index is -0.606. The van der Waals surface area contributed by atoms with Gasteiger partial charge in [0.15, 0.2) is 6.61 Å². The molecule has 7 nitrogen and oxygen atoms in total. The first-order valence-electron chi connectivity index (χ1n) is 7.75. The number of amides is 2. The number of benzene rings is 1. The third-order valence-electron chi connectivity index (χ3n) is 2.67. The molecule has 0 aromatic heterocycles. The van der Waals surface area contributed by atoms with Gasteiger partial charge in [0.25, 0.3) is 5.91 Å². The van der Waals surface area contributed by atoms with Crippen LogP contribution in [0.2, 0.25) is 0 Å². The Kier molecular flexibility index (Phi) is 7.23. The van der Waals surface area contributed by atoms with Gasteiger partial charge in [-0.15, -0.1) is 0 Å². The molecule has 0 atom stereocenters. The maximum atomic E-state index is 11.8. The van der Waals surface area contributed by atoms with E-state index in [1.807, 2.05) is 6.92 Å². The van der Waals surface area contributed by atoms with Crippen LogP contribution in [0.25, 0.3) is 0 Å². The third-order valence-corrected chi connectivity index (χ3v) is 2.67. The van der Waals surface area contributed by atoms with Crippen LogP contribution in [0.15, 0.2) is 24.3 Å². The number of anilines is 1. The molecule has 2 N–H and O–H groups in total. The summed E-state index contributed by atoms with van der Waals surface area (Å²) in [5.74, 6) is -0.945. The maximum Gasteiger partial charge on any atom is 0.412 e. The van der Waals surface area contributed by atoms with Crippen molar-refractivity contribution in [3.8, 4) is 0 Å². The highest BCUT2D eigenvalue weighted by Gasteiger charge is 2.16. The molecule has 0 aliphatic carbocycles. The number of hydrogen-bond donors (Lipinski definition) is 2. The zero-order chi connectivity index (χ0) is 18.2. The Labute approximate surface area is 141 Å². The Morgan fingerprint density at radius 2 is 1.71 bits per heavy atom. The third kappa shape index (κ3) is 7.62. The summed E-state index contributed by atoms with van der Waals surface area (Å²) in [5, 5.41) is 5.17. The number of carbonyl (C=O) groups excluding carboxylic acids is 3. The normalized spacial score (nSPS) is 10.7. The molecule has 0 aliphatic rings. The quantitative estimate of drug-likeness (QED) is 0.779. The minimum absolute atomic E-state index is 0.285. The van der Waals surface area contributed by atoms with Crippen molar-refractivity contribution < 1.29 is 23.9 Å². The van der Waals surface area contributed by atoms with Crippen LogP contribution in [0.5, 0.6) is 0 Å². The van der Waals surface area contributed by atoms with Gasteiger partial charge < -0.3 is 14.8 Å². The van der Waals surface area contributed by atoms with Gasteiger partial charge in [-0.1, -0.05) is 6.92 Å². The van der Waals surface area contributed by atoms with Crippen LogP contribution in [0, 0.1) is 0 Å². The number of ether oxygens (including phenoxy) is 2. The molecule has 1 rings (SSSR count). The molecule has 0 saturated carbocycles. The molecule has 24 heavy (non-hydrogen) atoms. The van der Waals surface area contributed by atoms with Crippen LogP contribution in [-0.4, -0.2) is 36.7 Å². The molecule has 0 radical (unpaired) electrons. The lowest BCUT2D eigenvalue weighted by Gasteiger charge is -2.19. The molecule has 2 amide bonds. The Morgan fingerprint density at radius 3 is 2.25 bits per heavy atom.